The van der Waals surface area contributed by atoms with Gasteiger partial charge in [-0.3, -0.25) is 9.20 Å². The SMILES string of the molecule is CSc1ccc2c(c1)OC[C@H]2N(C)C(=O)c1cc2c(cn1)nc(N)c1cncn12. The minimum Gasteiger partial charge on any atom is -0.491 e. The molecule has 0 saturated carbocycles. The van der Waals surface area contributed by atoms with E-state index in [4.69, 9.17) is 10.5 Å². The van der Waals surface area contributed by atoms with Crippen molar-refractivity contribution in [3.63, 3.8) is 0 Å². The van der Waals surface area contributed by atoms with E-state index in [9.17, 15) is 4.79 Å². The number of carbonyl (C=O) groups excluding carboxylic acids is 1. The van der Waals surface area contributed by atoms with Crippen LogP contribution in [0.25, 0.3) is 16.6 Å². The van der Waals surface area contributed by atoms with E-state index in [0.29, 0.717) is 29.2 Å². The standard InChI is InChI=1S/C20H18N6O2S/c1-25(17-9-28-18-5-11(29-2)3-4-12(17)18)20(27)13-6-15-14(7-23-13)24-19(21)16-8-22-10-26(15)16/h3-8,10,17H,9H2,1-2H3,(H2,21,24)/t17-/m1/s1. The van der Waals surface area contributed by atoms with Gasteiger partial charge in [0.1, 0.15) is 34.9 Å². The molecule has 146 valence electrons. The molecule has 4 heterocycles. The number of thioether (sulfide) groups is 1. The number of imidazole rings is 1. The molecule has 1 atom stereocenters. The van der Waals surface area contributed by atoms with E-state index in [0.717, 1.165) is 21.7 Å². The van der Waals surface area contributed by atoms with Crippen LogP contribution in [0.5, 0.6) is 5.75 Å². The lowest BCUT2D eigenvalue weighted by Crippen LogP contribution is -2.32. The summed E-state index contributed by atoms with van der Waals surface area (Å²) in [5.41, 5.74) is 9.33. The number of hydrogen-bond acceptors (Lipinski definition) is 7. The van der Waals surface area contributed by atoms with Crippen molar-refractivity contribution in [1.82, 2.24) is 24.3 Å². The minimum atomic E-state index is -0.188. The summed E-state index contributed by atoms with van der Waals surface area (Å²) in [6, 6.07) is 7.65. The van der Waals surface area contributed by atoms with Crippen LogP contribution >= 0.6 is 11.8 Å². The summed E-state index contributed by atoms with van der Waals surface area (Å²) in [6.07, 6.45) is 6.88. The second-order valence-electron chi connectivity index (χ2n) is 6.85. The zero-order valence-corrected chi connectivity index (χ0v) is 16.7. The summed E-state index contributed by atoms with van der Waals surface area (Å²) in [5.74, 6) is 1.01. The number of hydrogen-bond donors (Lipinski definition) is 1. The van der Waals surface area contributed by atoms with Crippen molar-refractivity contribution in [2.24, 2.45) is 0 Å². The molecule has 1 aliphatic rings. The Hall–Kier alpha value is -3.33. The van der Waals surface area contributed by atoms with Crippen LogP contribution < -0.4 is 10.5 Å². The summed E-state index contributed by atoms with van der Waals surface area (Å²) < 4.78 is 7.64. The second-order valence-corrected chi connectivity index (χ2v) is 7.73. The molecule has 29 heavy (non-hydrogen) atoms. The number of pyridine rings is 1. The number of nitrogen functional groups attached to an aromatic ring is 1. The van der Waals surface area contributed by atoms with Crippen LogP contribution in [-0.2, 0) is 0 Å². The van der Waals surface area contributed by atoms with Gasteiger partial charge in [0.25, 0.3) is 5.91 Å². The first kappa shape index (κ1) is 17.7. The number of carbonyl (C=O) groups is 1. The van der Waals surface area contributed by atoms with Gasteiger partial charge in [0.05, 0.1) is 30.3 Å². The zero-order chi connectivity index (χ0) is 20.1. The van der Waals surface area contributed by atoms with Crippen LogP contribution in [0.3, 0.4) is 0 Å². The monoisotopic (exact) mass is 406 g/mol. The largest absolute Gasteiger partial charge is 0.491 e. The molecule has 0 aliphatic carbocycles. The van der Waals surface area contributed by atoms with Gasteiger partial charge < -0.3 is 15.4 Å². The Balaban J connectivity index is 1.51. The first-order chi connectivity index (χ1) is 14.1. The Morgan fingerprint density at radius 2 is 2.17 bits per heavy atom. The van der Waals surface area contributed by atoms with Gasteiger partial charge in [0.2, 0.25) is 0 Å². The highest BCUT2D eigenvalue weighted by Gasteiger charge is 2.31. The van der Waals surface area contributed by atoms with Crippen molar-refractivity contribution in [3.05, 3.63) is 54.2 Å². The molecule has 0 unspecified atom stereocenters. The zero-order valence-electron chi connectivity index (χ0n) is 15.9. The lowest BCUT2D eigenvalue weighted by molar-refractivity contribution is 0.0703. The highest BCUT2D eigenvalue weighted by Crippen LogP contribution is 2.38. The molecular weight excluding hydrogens is 388 g/mol. The fourth-order valence-corrected chi connectivity index (χ4v) is 4.07. The topological polar surface area (TPSA) is 98.6 Å². The van der Waals surface area contributed by atoms with Gasteiger partial charge in [-0.05, 0) is 24.5 Å². The number of aromatic nitrogens is 4. The van der Waals surface area contributed by atoms with E-state index in [1.54, 1.807) is 48.5 Å². The van der Waals surface area contributed by atoms with Gasteiger partial charge in [-0.1, -0.05) is 6.07 Å². The molecule has 0 radical (unpaired) electrons. The summed E-state index contributed by atoms with van der Waals surface area (Å²) in [6.45, 7) is 0.423. The fraction of sp³-hybridized carbons (Fsp3) is 0.200. The van der Waals surface area contributed by atoms with Gasteiger partial charge in [-0.15, -0.1) is 11.8 Å². The van der Waals surface area contributed by atoms with Gasteiger partial charge in [-0.2, -0.15) is 0 Å². The van der Waals surface area contributed by atoms with Crippen molar-refractivity contribution in [2.45, 2.75) is 10.9 Å². The number of anilines is 1. The molecule has 9 heteroatoms. The molecule has 2 N–H and O–H groups in total. The van der Waals surface area contributed by atoms with Crippen LogP contribution in [0, 0.1) is 0 Å². The number of nitrogens with zero attached hydrogens (tertiary/aromatic N) is 5. The molecule has 1 aromatic carbocycles. The summed E-state index contributed by atoms with van der Waals surface area (Å²) in [7, 11) is 1.77. The summed E-state index contributed by atoms with van der Waals surface area (Å²) in [5, 5.41) is 0. The molecule has 0 bridgehead atoms. The van der Waals surface area contributed by atoms with Crippen LogP contribution in [-0.4, -0.2) is 50.1 Å². The Kier molecular flexibility index (Phi) is 4.06. The molecule has 3 aromatic heterocycles. The number of rotatable bonds is 3. The van der Waals surface area contributed by atoms with Crippen LogP contribution in [0.1, 0.15) is 22.1 Å². The maximum atomic E-state index is 13.2. The molecule has 0 saturated heterocycles. The van der Waals surface area contributed by atoms with Gasteiger partial charge in [0, 0.05) is 17.5 Å². The minimum absolute atomic E-state index is 0.163. The van der Waals surface area contributed by atoms with Crippen LogP contribution in [0.2, 0.25) is 0 Å². The average molecular weight is 406 g/mol. The number of nitrogens with two attached hydrogens (primary N) is 1. The number of likely N-dealkylation sites (N-methyl/N-ethyl adjacent to an activating group) is 1. The molecular formula is C20H18N6O2S. The highest BCUT2D eigenvalue weighted by atomic mass is 32.2. The fourth-order valence-electron chi connectivity index (χ4n) is 3.64. The molecule has 1 aliphatic heterocycles. The van der Waals surface area contributed by atoms with Crippen molar-refractivity contribution in [2.75, 3.05) is 25.6 Å². The third-order valence-corrected chi connectivity index (χ3v) is 5.97. The first-order valence-corrected chi connectivity index (χ1v) is 10.2. The maximum Gasteiger partial charge on any atom is 0.272 e. The molecule has 0 fully saturated rings. The first-order valence-electron chi connectivity index (χ1n) is 9.02. The van der Waals surface area contributed by atoms with Crippen LogP contribution in [0.4, 0.5) is 5.82 Å². The summed E-state index contributed by atoms with van der Waals surface area (Å²) in [4.78, 5) is 28.8. The Morgan fingerprint density at radius 3 is 3.00 bits per heavy atom. The third-order valence-electron chi connectivity index (χ3n) is 5.25. The third kappa shape index (κ3) is 2.77. The number of amides is 1. The van der Waals surface area contributed by atoms with Crippen molar-refractivity contribution in [3.8, 4) is 5.75 Å². The van der Waals surface area contributed by atoms with E-state index in [-0.39, 0.29) is 11.9 Å². The lowest BCUT2D eigenvalue weighted by Gasteiger charge is -2.23. The Bertz CT molecular complexity index is 1270. The van der Waals surface area contributed by atoms with Gasteiger partial charge >= 0.3 is 0 Å². The molecule has 4 aromatic rings. The second kappa shape index (κ2) is 6.63. The van der Waals surface area contributed by atoms with Gasteiger partial charge in [0.15, 0.2) is 0 Å². The smallest absolute Gasteiger partial charge is 0.272 e. The Morgan fingerprint density at radius 1 is 1.31 bits per heavy atom. The van der Waals surface area contributed by atoms with Crippen molar-refractivity contribution in [1.29, 1.82) is 0 Å². The maximum absolute atomic E-state index is 13.2. The normalized spacial score (nSPS) is 15.4. The van der Waals surface area contributed by atoms with Crippen molar-refractivity contribution >= 4 is 40.0 Å². The van der Waals surface area contributed by atoms with E-state index in [2.05, 4.69) is 15.0 Å². The van der Waals surface area contributed by atoms with Gasteiger partial charge in [-0.25, -0.2) is 15.0 Å². The van der Waals surface area contributed by atoms with Crippen molar-refractivity contribution < 1.29 is 9.53 Å². The highest BCUT2D eigenvalue weighted by molar-refractivity contribution is 7.98. The van der Waals surface area contributed by atoms with E-state index < -0.39 is 0 Å². The summed E-state index contributed by atoms with van der Waals surface area (Å²) >= 11 is 1.66. The molecule has 1 amide bonds. The molecule has 8 nitrogen and oxygen atoms in total. The predicted octanol–water partition coefficient (Wildman–Crippen LogP) is 2.79. The quantitative estimate of drug-likeness (QED) is 0.522. The lowest BCUT2D eigenvalue weighted by atomic mass is 10.1. The average Bonchev–Trinajstić information content (AvgIpc) is 3.40. The van der Waals surface area contributed by atoms with E-state index >= 15 is 0 Å². The molecule has 5 rings (SSSR count). The number of fused-ring (bicyclic) bond motifs is 4. The Labute approximate surface area is 170 Å². The number of ether oxygens (including phenoxy) is 1. The predicted molar refractivity (Wildman–Crippen MR) is 111 cm³/mol. The van der Waals surface area contributed by atoms with E-state index in [1.165, 1.54) is 0 Å². The number of benzene rings is 1. The van der Waals surface area contributed by atoms with Crippen LogP contribution in [0.15, 0.2) is 47.9 Å². The van der Waals surface area contributed by atoms with E-state index in [1.807, 2.05) is 28.9 Å². The molecule has 0 spiro atoms.